The number of aromatic nitrogens is 3. The zero-order valence-corrected chi connectivity index (χ0v) is 13.0. The Morgan fingerprint density at radius 1 is 1.13 bits per heavy atom. The van der Waals surface area contributed by atoms with Crippen molar-refractivity contribution in [1.29, 1.82) is 0 Å². The first-order chi connectivity index (χ1) is 11.3. The number of amides is 1. The smallest absolute Gasteiger partial charge is 0.230 e. The summed E-state index contributed by atoms with van der Waals surface area (Å²) >= 11 is 1.34. The van der Waals surface area contributed by atoms with Crippen LogP contribution in [0.15, 0.2) is 64.5 Å². The van der Waals surface area contributed by atoms with E-state index >= 15 is 0 Å². The largest absolute Gasteiger partial charge is 0.467 e. The number of pyridine rings is 1. The number of thioether (sulfide) groups is 1. The molecule has 0 radical (unpaired) electrons. The van der Waals surface area contributed by atoms with Gasteiger partial charge in [0.05, 0.1) is 24.3 Å². The van der Waals surface area contributed by atoms with Gasteiger partial charge in [0.2, 0.25) is 5.91 Å². The lowest BCUT2D eigenvalue weighted by molar-refractivity contribution is -0.118. The van der Waals surface area contributed by atoms with Gasteiger partial charge in [-0.3, -0.25) is 9.78 Å². The summed E-state index contributed by atoms with van der Waals surface area (Å²) < 4.78 is 5.15. The van der Waals surface area contributed by atoms with Crippen LogP contribution in [0.2, 0.25) is 0 Å². The summed E-state index contributed by atoms with van der Waals surface area (Å²) in [5.74, 6) is 0.931. The van der Waals surface area contributed by atoms with Gasteiger partial charge >= 0.3 is 0 Å². The Hall–Kier alpha value is -2.67. The molecule has 116 valence electrons. The van der Waals surface area contributed by atoms with Gasteiger partial charge in [-0.2, -0.15) is 0 Å². The molecule has 1 N–H and O–H groups in total. The van der Waals surface area contributed by atoms with E-state index in [1.165, 1.54) is 11.8 Å². The Morgan fingerprint density at radius 2 is 2.00 bits per heavy atom. The fourth-order valence-electron chi connectivity index (χ4n) is 1.86. The lowest BCUT2D eigenvalue weighted by atomic mass is 10.2. The second-order valence-corrected chi connectivity index (χ2v) is 5.63. The maximum absolute atomic E-state index is 11.8. The molecule has 0 aliphatic rings. The standard InChI is InChI=1S/C16H14N4O2S/c21-15(18-10-13-2-1-9-22-13)11-23-16-4-3-14(19-20-16)12-5-7-17-8-6-12/h1-9H,10-11H2,(H,18,21). The Labute approximate surface area is 137 Å². The average molecular weight is 326 g/mol. The minimum Gasteiger partial charge on any atom is -0.467 e. The number of hydrogen-bond acceptors (Lipinski definition) is 6. The molecule has 0 aliphatic carbocycles. The van der Waals surface area contributed by atoms with Gasteiger partial charge in [-0.25, -0.2) is 0 Å². The van der Waals surface area contributed by atoms with Crippen LogP contribution in [0.4, 0.5) is 0 Å². The Balaban J connectivity index is 1.49. The molecule has 0 unspecified atom stereocenters. The minimum atomic E-state index is -0.0774. The van der Waals surface area contributed by atoms with Crippen molar-refractivity contribution in [3.8, 4) is 11.3 Å². The molecule has 0 bridgehead atoms. The van der Waals surface area contributed by atoms with Gasteiger partial charge in [0, 0.05) is 18.0 Å². The lowest BCUT2D eigenvalue weighted by Gasteiger charge is -2.03. The van der Waals surface area contributed by atoms with Gasteiger partial charge < -0.3 is 9.73 Å². The van der Waals surface area contributed by atoms with Crippen molar-refractivity contribution in [2.24, 2.45) is 0 Å². The highest BCUT2D eigenvalue weighted by molar-refractivity contribution is 7.99. The molecule has 6 nitrogen and oxygen atoms in total. The number of furan rings is 1. The number of carbonyl (C=O) groups is 1. The lowest BCUT2D eigenvalue weighted by Crippen LogP contribution is -2.24. The van der Waals surface area contributed by atoms with Crippen LogP contribution in [-0.2, 0) is 11.3 Å². The number of nitrogens with zero attached hydrogens (tertiary/aromatic N) is 3. The van der Waals surface area contributed by atoms with Gasteiger partial charge in [-0.05, 0) is 36.4 Å². The Morgan fingerprint density at radius 3 is 2.70 bits per heavy atom. The molecule has 7 heteroatoms. The second kappa shape index (κ2) is 7.55. The Kier molecular flexibility index (Phi) is 5.00. The molecule has 3 aromatic rings. The quantitative estimate of drug-likeness (QED) is 0.701. The molecule has 0 saturated heterocycles. The van der Waals surface area contributed by atoms with E-state index < -0.39 is 0 Å². The molecule has 0 atom stereocenters. The molecular weight excluding hydrogens is 312 g/mol. The zero-order valence-electron chi connectivity index (χ0n) is 12.2. The number of carbonyl (C=O) groups excluding carboxylic acids is 1. The molecule has 1 amide bonds. The van der Waals surface area contributed by atoms with Gasteiger partial charge in [-0.1, -0.05) is 11.8 Å². The first-order valence-corrected chi connectivity index (χ1v) is 7.96. The normalized spacial score (nSPS) is 10.4. The van der Waals surface area contributed by atoms with Crippen molar-refractivity contribution in [1.82, 2.24) is 20.5 Å². The molecular formula is C16H14N4O2S. The van der Waals surface area contributed by atoms with Crippen LogP contribution in [0.5, 0.6) is 0 Å². The third-order valence-corrected chi connectivity index (χ3v) is 3.93. The monoisotopic (exact) mass is 326 g/mol. The fraction of sp³-hybridized carbons (Fsp3) is 0.125. The predicted octanol–water partition coefficient (Wildman–Crippen LogP) is 2.54. The van der Waals surface area contributed by atoms with Gasteiger partial charge in [0.25, 0.3) is 0 Å². The summed E-state index contributed by atoms with van der Waals surface area (Å²) in [4.78, 5) is 15.7. The van der Waals surface area contributed by atoms with Gasteiger partial charge in [0.15, 0.2) is 0 Å². The highest BCUT2D eigenvalue weighted by atomic mass is 32.2. The molecule has 3 aromatic heterocycles. The molecule has 0 aromatic carbocycles. The summed E-state index contributed by atoms with van der Waals surface area (Å²) in [5, 5.41) is 11.8. The van der Waals surface area contributed by atoms with Crippen molar-refractivity contribution in [2.45, 2.75) is 11.6 Å². The van der Waals surface area contributed by atoms with E-state index in [0.717, 1.165) is 17.0 Å². The van der Waals surface area contributed by atoms with E-state index in [-0.39, 0.29) is 11.7 Å². The highest BCUT2D eigenvalue weighted by Gasteiger charge is 2.06. The molecule has 3 rings (SSSR count). The number of rotatable bonds is 6. The van der Waals surface area contributed by atoms with Gasteiger partial charge in [-0.15, -0.1) is 10.2 Å². The van der Waals surface area contributed by atoms with Crippen LogP contribution in [0.1, 0.15) is 5.76 Å². The molecule has 0 saturated carbocycles. The van der Waals surface area contributed by atoms with Crippen LogP contribution in [0.25, 0.3) is 11.3 Å². The van der Waals surface area contributed by atoms with Crippen LogP contribution in [-0.4, -0.2) is 26.8 Å². The second-order valence-electron chi connectivity index (χ2n) is 4.64. The summed E-state index contributed by atoms with van der Waals surface area (Å²) in [5.41, 5.74) is 1.74. The topological polar surface area (TPSA) is 80.9 Å². The van der Waals surface area contributed by atoms with E-state index in [1.807, 2.05) is 30.3 Å². The van der Waals surface area contributed by atoms with Crippen molar-refractivity contribution >= 4 is 17.7 Å². The highest BCUT2D eigenvalue weighted by Crippen LogP contribution is 2.18. The summed E-state index contributed by atoms with van der Waals surface area (Å²) in [6.45, 7) is 0.388. The van der Waals surface area contributed by atoms with Crippen LogP contribution in [0.3, 0.4) is 0 Å². The predicted molar refractivity (Wildman–Crippen MR) is 86.5 cm³/mol. The maximum atomic E-state index is 11.8. The van der Waals surface area contributed by atoms with Crippen LogP contribution in [0, 0.1) is 0 Å². The van der Waals surface area contributed by atoms with Crippen LogP contribution < -0.4 is 5.32 Å². The molecule has 0 spiro atoms. The molecule has 0 fully saturated rings. The molecule has 3 heterocycles. The molecule has 0 aliphatic heterocycles. The van der Waals surface area contributed by atoms with Gasteiger partial charge in [0.1, 0.15) is 10.8 Å². The third kappa shape index (κ3) is 4.40. The third-order valence-electron chi connectivity index (χ3n) is 3.01. The van der Waals surface area contributed by atoms with E-state index in [1.54, 1.807) is 24.7 Å². The first-order valence-electron chi connectivity index (χ1n) is 6.97. The average Bonchev–Trinajstić information content (AvgIpc) is 3.13. The summed E-state index contributed by atoms with van der Waals surface area (Å²) in [6, 6.07) is 11.1. The van der Waals surface area contributed by atoms with Crippen molar-refractivity contribution in [3.05, 3.63) is 60.8 Å². The number of nitrogens with one attached hydrogen (secondary N) is 1. The maximum Gasteiger partial charge on any atom is 0.230 e. The SMILES string of the molecule is O=C(CSc1ccc(-c2ccncc2)nn1)NCc1ccco1. The minimum absolute atomic E-state index is 0.0774. The van der Waals surface area contributed by atoms with Crippen molar-refractivity contribution in [2.75, 3.05) is 5.75 Å². The summed E-state index contributed by atoms with van der Waals surface area (Å²) in [6.07, 6.45) is 5.00. The summed E-state index contributed by atoms with van der Waals surface area (Å²) in [7, 11) is 0. The number of hydrogen-bond donors (Lipinski definition) is 1. The van der Waals surface area contributed by atoms with E-state index in [4.69, 9.17) is 4.42 Å². The van der Waals surface area contributed by atoms with E-state index in [0.29, 0.717) is 11.6 Å². The van der Waals surface area contributed by atoms with Crippen molar-refractivity contribution < 1.29 is 9.21 Å². The zero-order chi connectivity index (χ0) is 15.9. The Bertz CT molecular complexity index is 746. The van der Waals surface area contributed by atoms with Crippen molar-refractivity contribution in [3.63, 3.8) is 0 Å². The van der Waals surface area contributed by atoms with E-state index in [9.17, 15) is 4.79 Å². The van der Waals surface area contributed by atoms with Crippen LogP contribution >= 0.6 is 11.8 Å². The first kappa shape index (κ1) is 15.2. The molecule has 23 heavy (non-hydrogen) atoms. The van der Waals surface area contributed by atoms with E-state index in [2.05, 4.69) is 20.5 Å². The fourth-order valence-corrected chi connectivity index (χ4v) is 2.51.